The molecular formula is C15H16F2N4O4. The molecule has 25 heavy (non-hydrogen) atoms. The van der Waals surface area contributed by atoms with Crippen LogP contribution in [0.4, 0.5) is 20.2 Å². The molecule has 0 aliphatic heterocycles. The van der Waals surface area contributed by atoms with Crippen LogP contribution in [0.5, 0.6) is 5.75 Å². The molecule has 1 amide bonds. The van der Waals surface area contributed by atoms with Crippen molar-refractivity contribution in [2.45, 2.75) is 33.4 Å². The van der Waals surface area contributed by atoms with Crippen LogP contribution in [0.15, 0.2) is 24.4 Å². The Morgan fingerprint density at radius 3 is 2.76 bits per heavy atom. The second-order valence-corrected chi connectivity index (χ2v) is 5.27. The fraction of sp³-hybridized carbons (Fsp3) is 0.333. The molecule has 0 aliphatic rings. The molecule has 10 heteroatoms. The Labute approximate surface area is 141 Å². The molecule has 0 saturated heterocycles. The molecule has 0 fully saturated rings. The minimum atomic E-state index is -3.01. The SMILES string of the molecule is Cc1ccc(OC(F)F)c(NC(=O)CCn2ncc([N+](=O)[O-])c2C)c1. The van der Waals surface area contributed by atoms with Crippen molar-refractivity contribution in [3.63, 3.8) is 0 Å². The van der Waals surface area contributed by atoms with Gasteiger partial charge in [0.1, 0.15) is 17.6 Å². The van der Waals surface area contributed by atoms with Crippen LogP contribution in [0.2, 0.25) is 0 Å². The van der Waals surface area contributed by atoms with E-state index in [1.807, 2.05) is 0 Å². The van der Waals surface area contributed by atoms with Crippen LogP contribution < -0.4 is 10.1 Å². The number of amides is 1. The third kappa shape index (κ3) is 4.72. The molecule has 1 N–H and O–H groups in total. The number of benzene rings is 1. The predicted octanol–water partition coefficient (Wildman–Crippen LogP) is 3.04. The normalized spacial score (nSPS) is 10.8. The van der Waals surface area contributed by atoms with Crippen molar-refractivity contribution >= 4 is 17.3 Å². The number of carbonyl (C=O) groups excluding carboxylic acids is 1. The van der Waals surface area contributed by atoms with Gasteiger partial charge in [0.05, 0.1) is 17.2 Å². The van der Waals surface area contributed by atoms with Gasteiger partial charge in [-0.1, -0.05) is 6.07 Å². The molecule has 0 aliphatic carbocycles. The lowest BCUT2D eigenvalue weighted by atomic mass is 10.2. The number of halogens is 2. The first-order valence-electron chi connectivity index (χ1n) is 7.30. The molecular weight excluding hydrogens is 338 g/mol. The highest BCUT2D eigenvalue weighted by atomic mass is 19.3. The van der Waals surface area contributed by atoms with Gasteiger partial charge in [-0.2, -0.15) is 13.9 Å². The van der Waals surface area contributed by atoms with Crippen LogP contribution in [0.3, 0.4) is 0 Å². The zero-order valence-electron chi connectivity index (χ0n) is 13.5. The minimum Gasteiger partial charge on any atom is -0.433 e. The molecule has 2 rings (SSSR count). The van der Waals surface area contributed by atoms with E-state index in [0.717, 1.165) is 11.8 Å². The van der Waals surface area contributed by atoms with Gasteiger partial charge in [-0.25, -0.2) is 0 Å². The van der Waals surface area contributed by atoms with Crippen molar-refractivity contribution in [1.82, 2.24) is 9.78 Å². The fourth-order valence-corrected chi connectivity index (χ4v) is 2.20. The van der Waals surface area contributed by atoms with E-state index in [1.165, 1.54) is 23.7 Å². The van der Waals surface area contributed by atoms with E-state index in [9.17, 15) is 23.7 Å². The van der Waals surface area contributed by atoms with Crippen molar-refractivity contribution in [2.24, 2.45) is 0 Å². The Morgan fingerprint density at radius 1 is 1.44 bits per heavy atom. The summed E-state index contributed by atoms with van der Waals surface area (Å²) >= 11 is 0. The lowest BCUT2D eigenvalue weighted by Gasteiger charge is -2.13. The lowest BCUT2D eigenvalue weighted by molar-refractivity contribution is -0.385. The van der Waals surface area contributed by atoms with Crippen molar-refractivity contribution in [2.75, 3.05) is 5.32 Å². The molecule has 0 spiro atoms. The highest BCUT2D eigenvalue weighted by Gasteiger charge is 2.17. The second-order valence-electron chi connectivity index (χ2n) is 5.27. The summed E-state index contributed by atoms with van der Waals surface area (Å²) < 4.78 is 30.5. The summed E-state index contributed by atoms with van der Waals surface area (Å²) in [7, 11) is 0. The summed E-state index contributed by atoms with van der Waals surface area (Å²) in [6, 6.07) is 4.44. The molecule has 0 unspecified atom stereocenters. The molecule has 0 radical (unpaired) electrons. The van der Waals surface area contributed by atoms with Crippen LogP contribution >= 0.6 is 0 Å². The Hall–Kier alpha value is -3.04. The quantitative estimate of drug-likeness (QED) is 0.608. The smallest absolute Gasteiger partial charge is 0.387 e. The van der Waals surface area contributed by atoms with Gasteiger partial charge < -0.3 is 10.1 Å². The number of aryl methyl sites for hydroxylation is 2. The number of nitrogens with one attached hydrogen (secondary N) is 1. The molecule has 0 atom stereocenters. The maximum Gasteiger partial charge on any atom is 0.387 e. The third-order valence-corrected chi connectivity index (χ3v) is 3.45. The maximum absolute atomic E-state index is 12.4. The first-order chi connectivity index (χ1) is 11.8. The summed E-state index contributed by atoms with van der Waals surface area (Å²) in [6.07, 6.45) is 1.07. The summed E-state index contributed by atoms with van der Waals surface area (Å²) in [5.41, 5.74) is 1.09. The molecule has 0 saturated carbocycles. The van der Waals surface area contributed by atoms with E-state index < -0.39 is 17.4 Å². The van der Waals surface area contributed by atoms with Gasteiger partial charge in [0.15, 0.2) is 0 Å². The predicted molar refractivity (Wildman–Crippen MR) is 84.7 cm³/mol. The molecule has 1 heterocycles. The van der Waals surface area contributed by atoms with Gasteiger partial charge in [0, 0.05) is 6.42 Å². The van der Waals surface area contributed by atoms with Crippen molar-refractivity contribution < 1.29 is 23.2 Å². The molecule has 2 aromatic rings. The van der Waals surface area contributed by atoms with Gasteiger partial charge in [0.25, 0.3) is 0 Å². The van der Waals surface area contributed by atoms with E-state index in [1.54, 1.807) is 13.0 Å². The van der Waals surface area contributed by atoms with E-state index in [-0.39, 0.29) is 30.1 Å². The number of hydrogen-bond donors (Lipinski definition) is 1. The summed E-state index contributed by atoms with van der Waals surface area (Å²) in [4.78, 5) is 22.3. The summed E-state index contributed by atoms with van der Waals surface area (Å²) in [6.45, 7) is 0.375. The lowest BCUT2D eigenvalue weighted by Crippen LogP contribution is -2.17. The Morgan fingerprint density at radius 2 is 2.16 bits per heavy atom. The number of alkyl halides is 2. The van der Waals surface area contributed by atoms with Crippen molar-refractivity contribution in [1.29, 1.82) is 0 Å². The summed E-state index contributed by atoms with van der Waals surface area (Å²) in [5.74, 6) is -0.595. The zero-order chi connectivity index (χ0) is 18.6. The van der Waals surface area contributed by atoms with Gasteiger partial charge in [0.2, 0.25) is 5.91 Å². The number of ether oxygens (including phenoxy) is 1. The van der Waals surface area contributed by atoms with Gasteiger partial charge in [-0.15, -0.1) is 0 Å². The maximum atomic E-state index is 12.4. The molecule has 1 aromatic carbocycles. The number of nitrogens with zero attached hydrogens (tertiary/aromatic N) is 3. The third-order valence-electron chi connectivity index (χ3n) is 3.45. The Bertz CT molecular complexity index is 792. The average molecular weight is 354 g/mol. The molecule has 8 nitrogen and oxygen atoms in total. The highest BCUT2D eigenvalue weighted by molar-refractivity contribution is 5.92. The largest absolute Gasteiger partial charge is 0.433 e. The van der Waals surface area contributed by atoms with Crippen LogP contribution in [0, 0.1) is 24.0 Å². The van der Waals surface area contributed by atoms with E-state index >= 15 is 0 Å². The zero-order valence-corrected chi connectivity index (χ0v) is 13.5. The number of carbonyl (C=O) groups is 1. The van der Waals surface area contributed by atoms with E-state index in [2.05, 4.69) is 15.2 Å². The van der Waals surface area contributed by atoms with Crippen LogP contribution in [0.25, 0.3) is 0 Å². The summed E-state index contributed by atoms with van der Waals surface area (Å²) in [5, 5.41) is 17.1. The first-order valence-corrected chi connectivity index (χ1v) is 7.30. The van der Waals surface area contributed by atoms with Gasteiger partial charge in [-0.3, -0.25) is 19.6 Å². The van der Waals surface area contributed by atoms with Crippen LogP contribution in [0.1, 0.15) is 17.7 Å². The molecule has 134 valence electrons. The number of anilines is 1. The molecule has 1 aromatic heterocycles. The monoisotopic (exact) mass is 354 g/mol. The fourth-order valence-electron chi connectivity index (χ4n) is 2.20. The van der Waals surface area contributed by atoms with Gasteiger partial charge >= 0.3 is 12.3 Å². The number of nitro groups is 1. The van der Waals surface area contributed by atoms with Crippen LogP contribution in [-0.2, 0) is 11.3 Å². The Balaban J connectivity index is 2.03. The van der Waals surface area contributed by atoms with Crippen molar-refractivity contribution in [3.05, 3.63) is 45.8 Å². The number of aromatic nitrogens is 2. The Kier molecular flexibility index (Phi) is 5.63. The number of rotatable bonds is 7. The topological polar surface area (TPSA) is 99.3 Å². The van der Waals surface area contributed by atoms with Gasteiger partial charge in [-0.05, 0) is 31.5 Å². The molecule has 0 bridgehead atoms. The van der Waals surface area contributed by atoms with E-state index in [0.29, 0.717) is 5.69 Å². The van der Waals surface area contributed by atoms with E-state index in [4.69, 9.17) is 0 Å². The van der Waals surface area contributed by atoms with Crippen LogP contribution in [-0.4, -0.2) is 27.2 Å². The average Bonchev–Trinajstić information content (AvgIpc) is 2.88. The second kappa shape index (κ2) is 7.69. The number of hydrogen-bond acceptors (Lipinski definition) is 5. The van der Waals surface area contributed by atoms with Crippen molar-refractivity contribution in [3.8, 4) is 5.75 Å². The standard InChI is InChI=1S/C15H16F2N4O4/c1-9-3-4-13(25-15(16)17)11(7-9)19-14(22)5-6-20-10(2)12(8-18-20)21(23)24/h3-4,7-8,15H,5-6H2,1-2H3,(H,19,22). The minimum absolute atomic E-state index is 0.0399. The first kappa shape index (κ1) is 18.3. The highest BCUT2D eigenvalue weighted by Crippen LogP contribution is 2.27.